The fourth-order valence-corrected chi connectivity index (χ4v) is 5.61. The summed E-state index contributed by atoms with van der Waals surface area (Å²) in [5.74, 6) is 1.65. The molecule has 6 heteroatoms. The van der Waals surface area contributed by atoms with Gasteiger partial charge in [-0.05, 0) is 45.1 Å². The predicted molar refractivity (Wildman–Crippen MR) is 119 cm³/mol. The largest absolute Gasteiger partial charge is 0.487 e. The zero-order valence-electron chi connectivity index (χ0n) is 19.4. The van der Waals surface area contributed by atoms with Gasteiger partial charge in [0.25, 0.3) is 0 Å². The summed E-state index contributed by atoms with van der Waals surface area (Å²) in [4.78, 5) is 26.9. The summed E-state index contributed by atoms with van der Waals surface area (Å²) in [6, 6.07) is 7.75. The van der Waals surface area contributed by atoms with Crippen LogP contribution in [-0.4, -0.2) is 47.6 Å². The minimum absolute atomic E-state index is 0.0361. The number of rotatable bonds is 4. The number of amides is 2. The van der Waals surface area contributed by atoms with E-state index in [0.717, 1.165) is 24.2 Å². The van der Waals surface area contributed by atoms with Crippen LogP contribution in [0.25, 0.3) is 0 Å². The first-order chi connectivity index (χ1) is 14.7. The lowest BCUT2D eigenvalue weighted by molar-refractivity contribution is -0.189. The Morgan fingerprint density at radius 2 is 2.00 bits per heavy atom. The monoisotopic (exact) mass is 428 g/mol. The normalized spacial score (nSPS) is 29.8. The highest BCUT2D eigenvalue weighted by molar-refractivity contribution is 5.87. The van der Waals surface area contributed by atoms with Crippen molar-refractivity contribution in [3.8, 4) is 5.75 Å². The predicted octanol–water partition coefficient (Wildman–Crippen LogP) is 3.70. The van der Waals surface area contributed by atoms with Crippen molar-refractivity contribution in [1.82, 2.24) is 10.2 Å². The van der Waals surface area contributed by atoms with Gasteiger partial charge in [0.05, 0.1) is 12.2 Å². The molecule has 2 saturated heterocycles. The van der Waals surface area contributed by atoms with Gasteiger partial charge in [0.2, 0.25) is 11.8 Å². The molecule has 31 heavy (non-hydrogen) atoms. The van der Waals surface area contributed by atoms with E-state index in [1.165, 1.54) is 6.92 Å². The Bertz CT molecular complexity index is 837. The molecule has 2 amide bonds. The van der Waals surface area contributed by atoms with Gasteiger partial charge < -0.3 is 19.7 Å². The van der Waals surface area contributed by atoms with E-state index in [9.17, 15) is 9.59 Å². The number of nitrogens with one attached hydrogen (secondary N) is 1. The molecule has 3 aliphatic rings. The second-order valence-corrected chi connectivity index (χ2v) is 10.4. The fourth-order valence-electron chi connectivity index (χ4n) is 5.61. The van der Waals surface area contributed by atoms with Gasteiger partial charge in [-0.3, -0.25) is 9.59 Å². The number of hydrogen-bond acceptors (Lipinski definition) is 4. The van der Waals surface area contributed by atoms with Crippen LogP contribution >= 0.6 is 0 Å². The Morgan fingerprint density at radius 1 is 1.26 bits per heavy atom. The van der Waals surface area contributed by atoms with Crippen molar-refractivity contribution in [2.45, 2.75) is 77.7 Å². The molecule has 6 nitrogen and oxygen atoms in total. The SMILES string of the molecule is CC(=O)N[C@H](CC(C)C)C(=O)N1CC[C@@H]2O[C@@H]3c4ccccc4OC(C)(C)[C@H]3C[C@@H]2C1. The second-order valence-electron chi connectivity index (χ2n) is 10.4. The number of fused-ring (bicyclic) bond motifs is 4. The molecule has 0 radical (unpaired) electrons. The van der Waals surface area contributed by atoms with E-state index >= 15 is 0 Å². The molecule has 0 aliphatic carbocycles. The summed E-state index contributed by atoms with van der Waals surface area (Å²) in [5.41, 5.74) is 0.818. The molecule has 0 spiro atoms. The highest BCUT2D eigenvalue weighted by Gasteiger charge is 2.51. The van der Waals surface area contributed by atoms with E-state index in [4.69, 9.17) is 9.47 Å². The summed E-state index contributed by atoms with van der Waals surface area (Å²) >= 11 is 0. The summed E-state index contributed by atoms with van der Waals surface area (Å²) in [6.07, 6.45) is 2.64. The molecule has 0 aromatic heterocycles. The van der Waals surface area contributed by atoms with Gasteiger partial charge in [-0.15, -0.1) is 0 Å². The maximum absolute atomic E-state index is 13.3. The number of likely N-dealkylation sites (tertiary alicyclic amines) is 1. The van der Waals surface area contributed by atoms with Gasteiger partial charge in [-0.1, -0.05) is 32.0 Å². The van der Waals surface area contributed by atoms with E-state index in [-0.39, 0.29) is 41.5 Å². The average Bonchev–Trinajstić information content (AvgIpc) is 2.70. The highest BCUT2D eigenvalue weighted by Crippen LogP contribution is 2.52. The number of piperidine rings is 1. The first kappa shape index (κ1) is 22.1. The van der Waals surface area contributed by atoms with Crippen molar-refractivity contribution in [3.63, 3.8) is 0 Å². The summed E-state index contributed by atoms with van der Waals surface area (Å²) in [6.45, 7) is 11.3. The number of nitrogens with zero attached hydrogens (tertiary/aromatic N) is 1. The quantitative estimate of drug-likeness (QED) is 0.794. The lowest BCUT2D eigenvalue weighted by Gasteiger charge is -2.53. The second kappa shape index (κ2) is 8.45. The summed E-state index contributed by atoms with van der Waals surface area (Å²) in [5, 5.41) is 2.87. The molecular weight excluding hydrogens is 392 g/mol. The lowest BCUT2D eigenvalue weighted by atomic mass is 9.70. The lowest BCUT2D eigenvalue weighted by Crippen LogP contribution is -2.58. The Morgan fingerprint density at radius 3 is 2.71 bits per heavy atom. The number of ether oxygens (including phenoxy) is 2. The molecule has 2 fully saturated rings. The third-order valence-corrected chi connectivity index (χ3v) is 7.09. The Kier molecular flexibility index (Phi) is 6.03. The maximum Gasteiger partial charge on any atom is 0.245 e. The van der Waals surface area contributed by atoms with E-state index in [1.54, 1.807) is 0 Å². The van der Waals surface area contributed by atoms with Gasteiger partial charge in [-0.25, -0.2) is 0 Å². The van der Waals surface area contributed by atoms with Crippen LogP contribution in [0.4, 0.5) is 0 Å². The molecule has 0 saturated carbocycles. The number of para-hydroxylation sites is 1. The van der Waals surface area contributed by atoms with Gasteiger partial charge >= 0.3 is 0 Å². The van der Waals surface area contributed by atoms with E-state index < -0.39 is 6.04 Å². The summed E-state index contributed by atoms with van der Waals surface area (Å²) < 4.78 is 13.0. The molecule has 0 bridgehead atoms. The Hall–Kier alpha value is -2.08. The summed E-state index contributed by atoms with van der Waals surface area (Å²) in [7, 11) is 0. The minimum Gasteiger partial charge on any atom is -0.487 e. The van der Waals surface area contributed by atoms with Crippen LogP contribution < -0.4 is 10.1 Å². The molecule has 5 atom stereocenters. The minimum atomic E-state index is -0.451. The zero-order valence-corrected chi connectivity index (χ0v) is 19.4. The van der Waals surface area contributed by atoms with E-state index in [2.05, 4.69) is 39.1 Å². The zero-order chi connectivity index (χ0) is 22.3. The van der Waals surface area contributed by atoms with Crippen molar-refractivity contribution >= 4 is 11.8 Å². The molecule has 1 N–H and O–H groups in total. The van der Waals surface area contributed by atoms with Crippen LogP contribution in [0, 0.1) is 17.8 Å². The van der Waals surface area contributed by atoms with Crippen LogP contribution in [0.15, 0.2) is 24.3 Å². The van der Waals surface area contributed by atoms with Crippen molar-refractivity contribution in [2.24, 2.45) is 17.8 Å². The number of carbonyl (C=O) groups is 2. The van der Waals surface area contributed by atoms with Crippen molar-refractivity contribution in [2.75, 3.05) is 13.1 Å². The number of hydrogen-bond donors (Lipinski definition) is 1. The highest BCUT2D eigenvalue weighted by atomic mass is 16.5. The molecule has 170 valence electrons. The number of benzene rings is 1. The fraction of sp³-hybridized carbons (Fsp3) is 0.680. The molecule has 3 aliphatic heterocycles. The molecule has 1 aromatic rings. The van der Waals surface area contributed by atoms with Crippen LogP contribution in [-0.2, 0) is 14.3 Å². The van der Waals surface area contributed by atoms with E-state index in [0.29, 0.717) is 25.4 Å². The standard InChI is InChI=1S/C25H36N2O4/c1-15(2)12-20(26-16(3)28)24(29)27-11-10-21-17(14-27)13-19-23(30-21)18-8-6-7-9-22(18)31-25(19,4)5/h6-9,15,17,19-21,23H,10-14H2,1-5H3,(H,26,28)/t17-,19+,20-,21+,23-/m1/s1. The first-order valence-corrected chi connectivity index (χ1v) is 11.6. The van der Waals surface area contributed by atoms with Crippen LogP contribution in [0.3, 0.4) is 0 Å². The molecule has 3 heterocycles. The van der Waals surface area contributed by atoms with Gasteiger partial charge in [0, 0.05) is 37.4 Å². The molecule has 4 rings (SSSR count). The topological polar surface area (TPSA) is 67.9 Å². The van der Waals surface area contributed by atoms with Gasteiger partial charge in [0.1, 0.15) is 17.4 Å². The van der Waals surface area contributed by atoms with E-state index in [1.807, 2.05) is 23.1 Å². The van der Waals surface area contributed by atoms with Gasteiger partial charge in [-0.2, -0.15) is 0 Å². The van der Waals surface area contributed by atoms with Crippen LogP contribution in [0.1, 0.15) is 65.5 Å². The van der Waals surface area contributed by atoms with Gasteiger partial charge in [0.15, 0.2) is 0 Å². The molecule has 1 aromatic carbocycles. The van der Waals surface area contributed by atoms with Crippen molar-refractivity contribution in [3.05, 3.63) is 29.8 Å². The third-order valence-electron chi connectivity index (χ3n) is 7.09. The number of carbonyl (C=O) groups excluding carboxylic acids is 2. The average molecular weight is 429 g/mol. The van der Waals surface area contributed by atoms with Crippen molar-refractivity contribution < 1.29 is 19.1 Å². The van der Waals surface area contributed by atoms with Crippen LogP contribution in [0.5, 0.6) is 5.75 Å². The Balaban J connectivity index is 1.50. The smallest absolute Gasteiger partial charge is 0.245 e. The van der Waals surface area contributed by atoms with Crippen LogP contribution in [0.2, 0.25) is 0 Å². The first-order valence-electron chi connectivity index (χ1n) is 11.6. The Labute approximate surface area is 185 Å². The molecule has 0 unspecified atom stereocenters. The van der Waals surface area contributed by atoms with Crippen molar-refractivity contribution in [1.29, 1.82) is 0 Å². The third kappa shape index (κ3) is 4.45. The maximum atomic E-state index is 13.3. The molecular formula is C25H36N2O4.